The van der Waals surface area contributed by atoms with Gasteiger partial charge in [0.15, 0.2) is 0 Å². The van der Waals surface area contributed by atoms with Crippen molar-refractivity contribution in [3.8, 4) is 0 Å². The molecule has 2 aromatic rings. The van der Waals surface area contributed by atoms with Crippen LogP contribution < -0.4 is 4.90 Å². The minimum atomic E-state index is -3.70. The number of sulfonamides is 1. The third-order valence-corrected chi connectivity index (χ3v) is 7.13. The van der Waals surface area contributed by atoms with Crippen LogP contribution in [-0.2, 0) is 16.6 Å². The first-order chi connectivity index (χ1) is 12.4. The third kappa shape index (κ3) is 3.89. The van der Waals surface area contributed by atoms with E-state index in [4.69, 9.17) is 0 Å². The normalized spacial score (nSPS) is 15.7. The highest BCUT2D eigenvalue weighted by Gasteiger charge is 2.29. The van der Waals surface area contributed by atoms with E-state index in [2.05, 4.69) is 0 Å². The average Bonchev–Trinajstić information content (AvgIpc) is 3.14. The minimum absolute atomic E-state index is 0.0150. The summed E-state index contributed by atoms with van der Waals surface area (Å²) in [4.78, 5) is 12.8. The molecule has 1 aliphatic rings. The number of anilines is 1. The maximum Gasteiger partial charge on any atom is 0.293 e. The van der Waals surface area contributed by atoms with Crippen LogP contribution in [0.3, 0.4) is 0 Å². The maximum absolute atomic E-state index is 12.8. The van der Waals surface area contributed by atoms with Crippen molar-refractivity contribution >= 4 is 32.7 Å². The molecular weight excluding hydrogens is 374 g/mol. The number of piperidine rings is 1. The Balaban J connectivity index is 1.92. The summed E-state index contributed by atoms with van der Waals surface area (Å²) < 4.78 is 27.0. The van der Waals surface area contributed by atoms with E-state index in [-0.39, 0.29) is 10.6 Å². The Kier molecular flexibility index (Phi) is 5.59. The molecule has 26 heavy (non-hydrogen) atoms. The molecule has 0 bridgehead atoms. The van der Waals surface area contributed by atoms with Gasteiger partial charge in [-0.05, 0) is 47.4 Å². The zero-order chi connectivity index (χ0) is 18.7. The molecule has 2 heterocycles. The van der Waals surface area contributed by atoms with Gasteiger partial charge >= 0.3 is 0 Å². The number of hydrogen-bond donors (Lipinski definition) is 0. The molecule has 0 atom stereocenters. The van der Waals surface area contributed by atoms with Gasteiger partial charge in [0.1, 0.15) is 5.69 Å². The summed E-state index contributed by atoms with van der Waals surface area (Å²) >= 11 is 1.56. The molecule has 7 nitrogen and oxygen atoms in total. The second-order valence-electron chi connectivity index (χ2n) is 6.36. The summed E-state index contributed by atoms with van der Waals surface area (Å²) in [5.74, 6) is 0. The van der Waals surface area contributed by atoms with Gasteiger partial charge in [-0.3, -0.25) is 10.1 Å². The lowest BCUT2D eigenvalue weighted by atomic mass is 10.2. The molecule has 1 fully saturated rings. The second kappa shape index (κ2) is 7.73. The fourth-order valence-electron chi connectivity index (χ4n) is 3.13. The number of nitro groups is 1. The summed E-state index contributed by atoms with van der Waals surface area (Å²) in [6.07, 6.45) is 2.66. The van der Waals surface area contributed by atoms with Crippen LogP contribution in [0, 0.1) is 10.1 Å². The predicted molar refractivity (Wildman–Crippen MR) is 102 cm³/mol. The fraction of sp³-hybridized carbons (Fsp3) is 0.412. The van der Waals surface area contributed by atoms with Crippen LogP contribution in [0.25, 0.3) is 0 Å². The van der Waals surface area contributed by atoms with Gasteiger partial charge in [-0.2, -0.15) is 15.6 Å². The molecule has 1 saturated heterocycles. The van der Waals surface area contributed by atoms with E-state index >= 15 is 0 Å². The monoisotopic (exact) mass is 395 g/mol. The van der Waals surface area contributed by atoms with Crippen molar-refractivity contribution in [3.63, 3.8) is 0 Å². The van der Waals surface area contributed by atoms with Gasteiger partial charge in [0.2, 0.25) is 10.0 Å². The van der Waals surface area contributed by atoms with Gasteiger partial charge in [-0.1, -0.05) is 6.42 Å². The largest absolute Gasteiger partial charge is 0.365 e. The first kappa shape index (κ1) is 18.8. The van der Waals surface area contributed by atoms with E-state index in [1.165, 1.54) is 22.5 Å². The van der Waals surface area contributed by atoms with Gasteiger partial charge in [0, 0.05) is 32.7 Å². The van der Waals surface area contributed by atoms with Crippen molar-refractivity contribution in [3.05, 3.63) is 50.7 Å². The quantitative estimate of drug-likeness (QED) is 0.552. The van der Waals surface area contributed by atoms with E-state index in [1.54, 1.807) is 23.3 Å². The standard InChI is InChI=1S/C17H21N3O4S2/c1-18(12-14-7-10-25-13-14)16-6-5-15(11-17(16)20(21)22)26(23,24)19-8-3-2-4-9-19/h5-7,10-11,13H,2-4,8-9,12H2,1H3. The summed E-state index contributed by atoms with van der Waals surface area (Å²) in [6.45, 7) is 1.45. The van der Waals surface area contributed by atoms with E-state index in [0.29, 0.717) is 25.3 Å². The summed E-state index contributed by atoms with van der Waals surface area (Å²) in [7, 11) is -1.94. The average molecular weight is 396 g/mol. The van der Waals surface area contributed by atoms with E-state index in [1.807, 2.05) is 16.8 Å². The van der Waals surface area contributed by atoms with Crippen molar-refractivity contribution < 1.29 is 13.3 Å². The molecule has 1 aromatic carbocycles. The predicted octanol–water partition coefficient (Wildman–Crippen LogP) is 3.47. The van der Waals surface area contributed by atoms with Gasteiger partial charge in [-0.15, -0.1) is 0 Å². The summed E-state index contributed by atoms with van der Waals surface area (Å²) in [6, 6.07) is 6.14. The van der Waals surface area contributed by atoms with Crippen molar-refractivity contribution in [2.24, 2.45) is 0 Å². The van der Waals surface area contributed by atoms with Gasteiger partial charge in [0.25, 0.3) is 5.69 Å². The number of nitrogens with zero attached hydrogens (tertiary/aromatic N) is 3. The Labute approximate surface area is 157 Å². The van der Waals surface area contributed by atoms with Crippen molar-refractivity contribution in [2.45, 2.75) is 30.7 Å². The van der Waals surface area contributed by atoms with E-state index in [9.17, 15) is 18.5 Å². The summed E-state index contributed by atoms with van der Waals surface area (Å²) in [5, 5.41) is 15.5. The van der Waals surface area contributed by atoms with Crippen molar-refractivity contribution in [2.75, 3.05) is 25.0 Å². The first-order valence-electron chi connectivity index (χ1n) is 8.40. The zero-order valence-corrected chi connectivity index (χ0v) is 16.1. The van der Waals surface area contributed by atoms with Crippen LogP contribution in [-0.4, -0.2) is 37.8 Å². The highest BCUT2D eigenvalue weighted by Crippen LogP contribution is 2.32. The van der Waals surface area contributed by atoms with Crippen LogP contribution in [0.4, 0.5) is 11.4 Å². The van der Waals surface area contributed by atoms with Crippen molar-refractivity contribution in [1.29, 1.82) is 0 Å². The van der Waals surface area contributed by atoms with Crippen LogP contribution >= 0.6 is 11.3 Å². The summed E-state index contributed by atoms with van der Waals surface area (Å²) in [5.41, 5.74) is 1.26. The second-order valence-corrected chi connectivity index (χ2v) is 9.08. The number of rotatable bonds is 6. The molecular formula is C17H21N3O4S2. The highest BCUT2D eigenvalue weighted by atomic mass is 32.2. The molecule has 3 rings (SSSR count). The van der Waals surface area contributed by atoms with Crippen LogP contribution in [0.1, 0.15) is 24.8 Å². The lowest BCUT2D eigenvalue weighted by Crippen LogP contribution is -2.35. The van der Waals surface area contributed by atoms with Gasteiger partial charge in [-0.25, -0.2) is 8.42 Å². The zero-order valence-electron chi connectivity index (χ0n) is 14.5. The van der Waals surface area contributed by atoms with Crippen molar-refractivity contribution in [1.82, 2.24) is 4.31 Å². The van der Waals surface area contributed by atoms with Crippen LogP contribution in [0.15, 0.2) is 39.9 Å². The van der Waals surface area contributed by atoms with Gasteiger partial charge < -0.3 is 4.90 Å². The molecule has 1 aliphatic heterocycles. The third-order valence-electron chi connectivity index (χ3n) is 4.51. The van der Waals surface area contributed by atoms with Gasteiger partial charge in [0.05, 0.1) is 9.82 Å². The Morgan fingerprint density at radius 2 is 1.96 bits per heavy atom. The Morgan fingerprint density at radius 3 is 2.58 bits per heavy atom. The molecule has 1 aromatic heterocycles. The molecule has 9 heteroatoms. The van der Waals surface area contributed by atoms with Crippen LogP contribution in [0.2, 0.25) is 0 Å². The van der Waals surface area contributed by atoms with E-state index < -0.39 is 14.9 Å². The molecule has 0 amide bonds. The lowest BCUT2D eigenvalue weighted by molar-refractivity contribution is -0.384. The van der Waals surface area contributed by atoms with Crippen LogP contribution in [0.5, 0.6) is 0 Å². The number of thiophene rings is 1. The highest BCUT2D eigenvalue weighted by molar-refractivity contribution is 7.89. The SMILES string of the molecule is CN(Cc1ccsc1)c1ccc(S(=O)(=O)N2CCCCC2)cc1[N+](=O)[O-]. The fourth-order valence-corrected chi connectivity index (χ4v) is 5.33. The molecule has 0 radical (unpaired) electrons. The Bertz CT molecular complexity index is 875. The maximum atomic E-state index is 12.8. The molecule has 0 spiro atoms. The Hall–Kier alpha value is -1.97. The topological polar surface area (TPSA) is 83.8 Å². The Morgan fingerprint density at radius 1 is 1.23 bits per heavy atom. The molecule has 0 unspecified atom stereocenters. The lowest BCUT2D eigenvalue weighted by Gasteiger charge is -2.26. The molecule has 0 aliphatic carbocycles. The molecule has 0 saturated carbocycles. The number of nitro benzene ring substituents is 1. The number of hydrogen-bond acceptors (Lipinski definition) is 6. The minimum Gasteiger partial charge on any atom is -0.365 e. The smallest absolute Gasteiger partial charge is 0.293 e. The number of benzene rings is 1. The van der Waals surface area contributed by atoms with E-state index in [0.717, 1.165) is 24.8 Å². The molecule has 0 N–H and O–H groups in total. The molecule has 140 valence electrons. The first-order valence-corrected chi connectivity index (χ1v) is 10.8.